The number of nitrogens with two attached hydrogens (primary N) is 1. The van der Waals surface area contributed by atoms with Crippen molar-refractivity contribution in [3.8, 4) is 5.75 Å². The van der Waals surface area contributed by atoms with E-state index in [-0.39, 0.29) is 6.10 Å². The Balaban J connectivity index is 1.85. The van der Waals surface area contributed by atoms with Crippen LogP contribution in [0.2, 0.25) is 0 Å². The lowest BCUT2D eigenvalue weighted by Gasteiger charge is -2.11. The van der Waals surface area contributed by atoms with Gasteiger partial charge in [-0.2, -0.15) is 0 Å². The van der Waals surface area contributed by atoms with Gasteiger partial charge in [0.15, 0.2) is 0 Å². The van der Waals surface area contributed by atoms with Gasteiger partial charge in [0.2, 0.25) is 0 Å². The molecule has 1 unspecified atom stereocenters. The van der Waals surface area contributed by atoms with Gasteiger partial charge in [-0.05, 0) is 50.8 Å². The minimum atomic E-state index is 0.156. The third-order valence-electron chi connectivity index (χ3n) is 3.18. The predicted molar refractivity (Wildman–Crippen MR) is 75.3 cm³/mol. The Bertz CT molecular complexity index is 393. The Hall–Kier alpha value is -1.26. The summed E-state index contributed by atoms with van der Waals surface area (Å²) in [7, 11) is 4.19. The maximum absolute atomic E-state index is 5.71. The van der Waals surface area contributed by atoms with Crippen molar-refractivity contribution in [2.45, 2.75) is 18.9 Å². The van der Waals surface area contributed by atoms with Gasteiger partial charge in [0.1, 0.15) is 11.9 Å². The van der Waals surface area contributed by atoms with Crippen molar-refractivity contribution in [1.82, 2.24) is 4.90 Å². The van der Waals surface area contributed by atoms with Crippen LogP contribution in [0.4, 0.5) is 5.69 Å². The van der Waals surface area contributed by atoms with Crippen LogP contribution in [0.5, 0.6) is 5.75 Å². The van der Waals surface area contributed by atoms with Gasteiger partial charge in [0, 0.05) is 25.2 Å². The summed E-state index contributed by atoms with van der Waals surface area (Å²) in [5, 5.41) is 3.45. The highest BCUT2D eigenvalue weighted by molar-refractivity contribution is 5.52. The minimum Gasteiger partial charge on any atom is -0.488 e. The fourth-order valence-electron chi connectivity index (χ4n) is 2.19. The quantitative estimate of drug-likeness (QED) is 0.746. The van der Waals surface area contributed by atoms with E-state index in [0.29, 0.717) is 6.54 Å². The summed E-state index contributed by atoms with van der Waals surface area (Å²) in [5.74, 6) is 0.990. The molecule has 4 nitrogen and oxygen atoms in total. The fraction of sp³-hybridized carbons (Fsp3) is 0.571. The number of hydrogen-bond acceptors (Lipinski definition) is 4. The van der Waals surface area contributed by atoms with Crippen molar-refractivity contribution in [2.24, 2.45) is 5.73 Å². The summed E-state index contributed by atoms with van der Waals surface area (Å²) < 4.78 is 5.71. The molecule has 1 atom stereocenters. The van der Waals surface area contributed by atoms with E-state index in [4.69, 9.17) is 10.5 Å². The Morgan fingerprint density at radius 2 is 2.28 bits per heavy atom. The SMILES string of the molecule is CN(C)CCCNc1ccc2c(c1)CC(CN)O2. The Morgan fingerprint density at radius 3 is 3.00 bits per heavy atom. The van der Waals surface area contributed by atoms with Gasteiger partial charge < -0.3 is 20.7 Å². The maximum atomic E-state index is 5.71. The molecule has 3 N–H and O–H groups in total. The molecule has 0 radical (unpaired) electrons. The van der Waals surface area contributed by atoms with Gasteiger partial charge in [0.05, 0.1) is 0 Å². The average Bonchev–Trinajstić information content (AvgIpc) is 2.76. The number of nitrogens with one attached hydrogen (secondary N) is 1. The molecule has 0 saturated heterocycles. The van der Waals surface area contributed by atoms with Crippen molar-refractivity contribution in [3.63, 3.8) is 0 Å². The maximum Gasteiger partial charge on any atom is 0.123 e. The van der Waals surface area contributed by atoms with Crippen LogP contribution >= 0.6 is 0 Å². The minimum absolute atomic E-state index is 0.156. The summed E-state index contributed by atoms with van der Waals surface area (Å²) in [6, 6.07) is 6.30. The van der Waals surface area contributed by atoms with Crippen LogP contribution in [0.25, 0.3) is 0 Å². The van der Waals surface area contributed by atoms with Gasteiger partial charge in [-0.25, -0.2) is 0 Å². The molecular formula is C14H23N3O. The average molecular weight is 249 g/mol. The second kappa shape index (κ2) is 6.07. The first kappa shape index (κ1) is 13.2. The zero-order valence-electron chi connectivity index (χ0n) is 11.3. The monoisotopic (exact) mass is 249 g/mol. The van der Waals surface area contributed by atoms with E-state index >= 15 is 0 Å². The predicted octanol–water partition coefficient (Wildman–Crippen LogP) is 1.31. The normalized spacial score (nSPS) is 17.7. The molecule has 1 aliphatic heterocycles. The molecule has 18 heavy (non-hydrogen) atoms. The third-order valence-corrected chi connectivity index (χ3v) is 3.18. The smallest absolute Gasteiger partial charge is 0.123 e. The van der Waals surface area contributed by atoms with Crippen LogP contribution in [-0.4, -0.2) is 44.7 Å². The van der Waals surface area contributed by atoms with E-state index in [1.54, 1.807) is 0 Å². The molecular weight excluding hydrogens is 226 g/mol. The summed E-state index contributed by atoms with van der Waals surface area (Å²) in [6.45, 7) is 2.69. The lowest BCUT2D eigenvalue weighted by molar-refractivity contribution is 0.241. The number of fused-ring (bicyclic) bond motifs is 1. The third kappa shape index (κ3) is 3.37. The zero-order valence-corrected chi connectivity index (χ0v) is 11.3. The highest BCUT2D eigenvalue weighted by Crippen LogP contribution is 2.30. The molecule has 0 spiro atoms. The molecule has 0 aromatic heterocycles. The number of anilines is 1. The lowest BCUT2D eigenvalue weighted by Crippen LogP contribution is -2.24. The van der Waals surface area contributed by atoms with E-state index in [0.717, 1.165) is 31.7 Å². The van der Waals surface area contributed by atoms with Crippen molar-refractivity contribution in [1.29, 1.82) is 0 Å². The second-order valence-electron chi connectivity index (χ2n) is 5.09. The summed E-state index contributed by atoms with van der Waals surface area (Å²) in [4.78, 5) is 2.20. The van der Waals surface area contributed by atoms with Gasteiger partial charge in [-0.15, -0.1) is 0 Å². The molecule has 0 amide bonds. The van der Waals surface area contributed by atoms with E-state index in [9.17, 15) is 0 Å². The number of ether oxygens (including phenoxy) is 1. The molecule has 1 aromatic rings. The molecule has 4 heteroatoms. The topological polar surface area (TPSA) is 50.5 Å². The van der Waals surface area contributed by atoms with Crippen LogP contribution in [-0.2, 0) is 6.42 Å². The summed E-state index contributed by atoms with van der Waals surface area (Å²) >= 11 is 0. The molecule has 0 aliphatic carbocycles. The molecule has 0 saturated carbocycles. The Kier molecular flexibility index (Phi) is 4.44. The molecule has 2 rings (SSSR count). The molecule has 1 heterocycles. The van der Waals surface area contributed by atoms with Crippen molar-refractivity contribution in [2.75, 3.05) is 39.0 Å². The highest BCUT2D eigenvalue weighted by Gasteiger charge is 2.21. The van der Waals surface area contributed by atoms with Crippen LogP contribution in [0.15, 0.2) is 18.2 Å². The number of benzene rings is 1. The van der Waals surface area contributed by atoms with Crippen LogP contribution in [0.1, 0.15) is 12.0 Å². The number of nitrogens with zero attached hydrogens (tertiary/aromatic N) is 1. The van der Waals surface area contributed by atoms with Crippen molar-refractivity contribution >= 4 is 5.69 Å². The van der Waals surface area contributed by atoms with Crippen LogP contribution in [0.3, 0.4) is 0 Å². The Morgan fingerprint density at radius 1 is 1.44 bits per heavy atom. The van der Waals surface area contributed by atoms with E-state index in [2.05, 4.69) is 36.4 Å². The van der Waals surface area contributed by atoms with Crippen molar-refractivity contribution < 1.29 is 4.74 Å². The van der Waals surface area contributed by atoms with E-state index in [1.807, 2.05) is 6.07 Å². The number of rotatable bonds is 6. The first-order valence-corrected chi connectivity index (χ1v) is 6.57. The van der Waals surface area contributed by atoms with Gasteiger partial charge in [-0.3, -0.25) is 0 Å². The molecule has 0 fully saturated rings. The van der Waals surface area contributed by atoms with Gasteiger partial charge in [0.25, 0.3) is 0 Å². The molecule has 1 aromatic carbocycles. The molecule has 100 valence electrons. The van der Waals surface area contributed by atoms with Gasteiger partial charge in [-0.1, -0.05) is 0 Å². The largest absolute Gasteiger partial charge is 0.488 e. The Labute approximate surface area is 109 Å². The van der Waals surface area contributed by atoms with E-state index in [1.165, 1.54) is 11.3 Å². The molecule has 0 bridgehead atoms. The van der Waals surface area contributed by atoms with Gasteiger partial charge >= 0.3 is 0 Å². The fourth-order valence-corrected chi connectivity index (χ4v) is 2.19. The molecule has 1 aliphatic rings. The number of hydrogen-bond donors (Lipinski definition) is 2. The van der Waals surface area contributed by atoms with Crippen LogP contribution < -0.4 is 15.8 Å². The standard InChI is InChI=1S/C14H23N3O/c1-17(2)7-3-6-16-12-4-5-14-11(8-12)9-13(10-15)18-14/h4-5,8,13,16H,3,6-7,9-10,15H2,1-2H3. The lowest BCUT2D eigenvalue weighted by atomic mass is 10.1. The first-order valence-electron chi connectivity index (χ1n) is 6.57. The van der Waals surface area contributed by atoms with E-state index < -0.39 is 0 Å². The summed E-state index contributed by atoms with van der Waals surface area (Å²) in [5.41, 5.74) is 8.07. The van der Waals surface area contributed by atoms with Crippen LogP contribution in [0, 0.1) is 0 Å². The highest BCUT2D eigenvalue weighted by atomic mass is 16.5. The van der Waals surface area contributed by atoms with Crippen molar-refractivity contribution in [3.05, 3.63) is 23.8 Å². The second-order valence-corrected chi connectivity index (χ2v) is 5.09. The summed E-state index contributed by atoms with van der Waals surface area (Å²) in [6.07, 6.45) is 2.23. The first-order chi connectivity index (χ1) is 8.69. The zero-order chi connectivity index (χ0) is 13.0.